The summed E-state index contributed by atoms with van der Waals surface area (Å²) in [6.07, 6.45) is 1.70. The van der Waals surface area contributed by atoms with E-state index in [0.717, 1.165) is 16.6 Å². The van der Waals surface area contributed by atoms with E-state index in [1.165, 1.54) is 6.07 Å². The van der Waals surface area contributed by atoms with Crippen LogP contribution in [0.15, 0.2) is 71.7 Å². The van der Waals surface area contributed by atoms with Crippen molar-refractivity contribution in [3.05, 3.63) is 92.8 Å². The normalized spacial score (nSPS) is 12.1. The van der Waals surface area contributed by atoms with E-state index in [0.29, 0.717) is 21.6 Å². The summed E-state index contributed by atoms with van der Waals surface area (Å²) in [6, 6.07) is 17.9. The van der Waals surface area contributed by atoms with E-state index in [-0.39, 0.29) is 11.6 Å². The molecule has 0 amide bonds. The number of nitrogens with one attached hydrogen (secondary N) is 1. The van der Waals surface area contributed by atoms with Crippen molar-refractivity contribution in [1.29, 1.82) is 0 Å². The van der Waals surface area contributed by atoms with Crippen molar-refractivity contribution in [2.75, 3.05) is 5.32 Å². The smallest absolute Gasteiger partial charge is 0.252 e. The third-order valence-electron chi connectivity index (χ3n) is 4.51. The lowest BCUT2D eigenvalue weighted by molar-refractivity contribution is 0.632. The largest absolute Gasteiger partial charge is 0.324 e. The van der Waals surface area contributed by atoms with E-state index in [2.05, 4.69) is 15.3 Å². The first-order valence-electron chi connectivity index (χ1n) is 8.68. The molecule has 4 rings (SSSR count). The lowest BCUT2D eigenvalue weighted by Gasteiger charge is -2.18. The number of fused-ring (bicyclic) bond motifs is 1. The molecule has 0 spiro atoms. The van der Waals surface area contributed by atoms with E-state index in [1.54, 1.807) is 29.0 Å². The molecule has 0 saturated heterocycles. The van der Waals surface area contributed by atoms with Gasteiger partial charge in [0.1, 0.15) is 5.65 Å². The second kappa shape index (κ2) is 7.62. The number of pyridine rings is 1. The molecule has 0 bridgehead atoms. The summed E-state index contributed by atoms with van der Waals surface area (Å²) in [6.45, 7) is 1.92. The van der Waals surface area contributed by atoms with Crippen LogP contribution in [0.4, 0.5) is 11.6 Å². The Morgan fingerprint density at radius 2 is 1.79 bits per heavy atom. The van der Waals surface area contributed by atoms with Gasteiger partial charge in [-0.15, -0.1) is 0 Å². The fourth-order valence-electron chi connectivity index (χ4n) is 3.04. The fraction of sp³-hybridized carbons (Fsp3) is 0.0952. The second-order valence-corrected chi connectivity index (χ2v) is 7.17. The molecule has 0 saturated carbocycles. The van der Waals surface area contributed by atoms with Crippen LogP contribution in [0.25, 0.3) is 11.0 Å². The highest BCUT2D eigenvalue weighted by atomic mass is 35.5. The van der Waals surface area contributed by atoms with Crippen LogP contribution in [-0.4, -0.2) is 14.5 Å². The fourth-order valence-corrected chi connectivity index (χ4v) is 3.35. The minimum atomic E-state index is -0.287. The van der Waals surface area contributed by atoms with E-state index in [1.807, 2.05) is 43.3 Å². The average Bonchev–Trinajstić information content (AvgIpc) is 2.70. The molecule has 1 unspecified atom stereocenters. The topological polar surface area (TPSA) is 59.8 Å². The maximum atomic E-state index is 12.7. The Hall–Kier alpha value is -2.89. The molecular formula is C21H16Cl2N4O. The number of hydrogen-bond acceptors (Lipinski definition) is 4. The van der Waals surface area contributed by atoms with Crippen molar-refractivity contribution in [3.63, 3.8) is 0 Å². The van der Waals surface area contributed by atoms with Crippen molar-refractivity contribution in [2.24, 2.45) is 0 Å². The van der Waals surface area contributed by atoms with Gasteiger partial charge >= 0.3 is 0 Å². The molecule has 2 heterocycles. The second-order valence-electron chi connectivity index (χ2n) is 6.35. The van der Waals surface area contributed by atoms with Crippen molar-refractivity contribution in [1.82, 2.24) is 14.5 Å². The number of rotatable bonds is 4. The van der Waals surface area contributed by atoms with Crippen molar-refractivity contribution < 1.29 is 0 Å². The molecule has 140 valence electrons. The third-order valence-corrected chi connectivity index (χ3v) is 5.25. The molecule has 4 aromatic rings. The van der Waals surface area contributed by atoms with Crippen LogP contribution < -0.4 is 10.9 Å². The van der Waals surface area contributed by atoms with E-state index in [4.69, 9.17) is 23.2 Å². The minimum absolute atomic E-state index is 0.157. The first-order valence-corrected chi connectivity index (χ1v) is 9.44. The standard InChI is InChI=1S/C21H16Cl2N4O/c1-13(14-7-9-17(22)18(23)11-14)27-19(28)10-8-15-12-24-21(26-20(15)27)25-16-5-3-2-4-6-16/h2-13H,1H3,(H,24,25,26). The summed E-state index contributed by atoms with van der Waals surface area (Å²) >= 11 is 12.2. The molecule has 28 heavy (non-hydrogen) atoms. The predicted molar refractivity (Wildman–Crippen MR) is 114 cm³/mol. The molecule has 2 aromatic carbocycles. The maximum absolute atomic E-state index is 12.7. The van der Waals surface area contributed by atoms with Gasteiger partial charge in [0.15, 0.2) is 0 Å². The highest BCUT2D eigenvalue weighted by Gasteiger charge is 2.15. The van der Waals surface area contributed by atoms with E-state index < -0.39 is 0 Å². The van der Waals surface area contributed by atoms with Crippen LogP contribution in [0.3, 0.4) is 0 Å². The summed E-state index contributed by atoms with van der Waals surface area (Å²) in [5.41, 5.74) is 2.11. The zero-order chi connectivity index (χ0) is 19.7. The van der Waals surface area contributed by atoms with Gasteiger partial charge in [0.05, 0.1) is 16.1 Å². The van der Waals surface area contributed by atoms with Gasteiger partial charge in [0.2, 0.25) is 5.95 Å². The molecule has 0 aliphatic rings. The van der Waals surface area contributed by atoms with Crippen LogP contribution in [0, 0.1) is 0 Å². The van der Waals surface area contributed by atoms with Crippen LogP contribution in [0.2, 0.25) is 10.0 Å². The van der Waals surface area contributed by atoms with Gasteiger partial charge in [0.25, 0.3) is 5.56 Å². The number of benzene rings is 2. The van der Waals surface area contributed by atoms with Crippen molar-refractivity contribution in [3.8, 4) is 0 Å². The molecule has 2 aromatic heterocycles. The molecule has 0 fully saturated rings. The van der Waals surface area contributed by atoms with Gasteiger partial charge in [-0.1, -0.05) is 47.5 Å². The van der Waals surface area contributed by atoms with Crippen LogP contribution >= 0.6 is 23.2 Å². The van der Waals surface area contributed by atoms with Gasteiger partial charge in [-0.25, -0.2) is 4.98 Å². The quantitative estimate of drug-likeness (QED) is 0.485. The van der Waals surface area contributed by atoms with Crippen LogP contribution in [-0.2, 0) is 0 Å². The monoisotopic (exact) mass is 410 g/mol. The van der Waals surface area contributed by atoms with Gasteiger partial charge in [-0.05, 0) is 42.8 Å². The van der Waals surface area contributed by atoms with Crippen molar-refractivity contribution >= 4 is 45.9 Å². The number of para-hydroxylation sites is 1. The number of hydrogen-bond donors (Lipinski definition) is 1. The highest BCUT2D eigenvalue weighted by molar-refractivity contribution is 6.42. The summed E-state index contributed by atoms with van der Waals surface area (Å²) in [7, 11) is 0. The third kappa shape index (κ3) is 3.59. The first kappa shape index (κ1) is 18.5. The minimum Gasteiger partial charge on any atom is -0.324 e. The Morgan fingerprint density at radius 3 is 2.54 bits per heavy atom. The maximum Gasteiger partial charge on any atom is 0.252 e. The number of anilines is 2. The van der Waals surface area contributed by atoms with Gasteiger partial charge < -0.3 is 5.32 Å². The molecule has 0 aliphatic carbocycles. The van der Waals surface area contributed by atoms with Gasteiger partial charge in [-0.3, -0.25) is 9.36 Å². The molecule has 1 atom stereocenters. The summed E-state index contributed by atoms with van der Waals surface area (Å²) in [4.78, 5) is 21.6. The number of aromatic nitrogens is 3. The number of nitrogens with zero attached hydrogens (tertiary/aromatic N) is 3. The highest BCUT2D eigenvalue weighted by Crippen LogP contribution is 2.28. The zero-order valence-electron chi connectivity index (χ0n) is 14.9. The average molecular weight is 411 g/mol. The Morgan fingerprint density at radius 1 is 1.00 bits per heavy atom. The molecule has 0 aliphatic heterocycles. The summed E-state index contributed by atoms with van der Waals surface area (Å²) in [5, 5.41) is 4.85. The molecule has 0 radical (unpaired) electrons. The lowest BCUT2D eigenvalue weighted by Crippen LogP contribution is -2.24. The molecule has 1 N–H and O–H groups in total. The first-order chi connectivity index (χ1) is 13.5. The lowest BCUT2D eigenvalue weighted by atomic mass is 10.1. The van der Waals surface area contributed by atoms with E-state index >= 15 is 0 Å². The predicted octanol–water partition coefficient (Wildman–Crippen LogP) is 5.45. The molecule has 7 heteroatoms. The van der Waals surface area contributed by atoms with E-state index in [9.17, 15) is 4.79 Å². The Labute approximate surface area is 171 Å². The zero-order valence-corrected chi connectivity index (χ0v) is 16.4. The van der Waals surface area contributed by atoms with Crippen LogP contribution in [0.1, 0.15) is 18.5 Å². The van der Waals surface area contributed by atoms with Gasteiger partial charge in [0, 0.05) is 23.3 Å². The number of halogens is 2. The van der Waals surface area contributed by atoms with Gasteiger partial charge in [-0.2, -0.15) is 4.98 Å². The van der Waals surface area contributed by atoms with Crippen LogP contribution in [0.5, 0.6) is 0 Å². The summed E-state index contributed by atoms with van der Waals surface area (Å²) < 4.78 is 1.63. The SMILES string of the molecule is CC(c1ccc(Cl)c(Cl)c1)n1c(=O)ccc2cnc(Nc3ccccc3)nc21. The molecule has 5 nitrogen and oxygen atoms in total. The summed E-state index contributed by atoms with van der Waals surface area (Å²) in [5.74, 6) is 0.416. The Bertz CT molecular complexity index is 1210. The Balaban J connectivity index is 1.82. The van der Waals surface area contributed by atoms with Crippen molar-refractivity contribution in [2.45, 2.75) is 13.0 Å². The Kier molecular flexibility index (Phi) is 5.03. The molecular weight excluding hydrogens is 395 g/mol.